The molecule has 0 fully saturated rings. The molecule has 0 saturated heterocycles. The van der Waals surface area contributed by atoms with Crippen LogP contribution in [0.3, 0.4) is 0 Å². The van der Waals surface area contributed by atoms with E-state index in [-0.39, 0.29) is 0 Å². The monoisotopic (exact) mass is 473 g/mol. The Morgan fingerprint density at radius 3 is 2.46 bits per heavy atom. The molecule has 184 valence electrons. The zero-order chi connectivity index (χ0) is 24.1. The van der Waals surface area contributed by atoms with Crippen LogP contribution in [0, 0.1) is 0 Å². The van der Waals surface area contributed by atoms with Crippen molar-refractivity contribution in [2.75, 3.05) is 13.4 Å². The second-order valence-electron chi connectivity index (χ2n) is 9.00. The van der Waals surface area contributed by atoms with E-state index in [4.69, 9.17) is 14.2 Å². The van der Waals surface area contributed by atoms with Gasteiger partial charge in [-0.3, -0.25) is 0 Å². The summed E-state index contributed by atoms with van der Waals surface area (Å²) in [5.41, 5.74) is 2.46. The van der Waals surface area contributed by atoms with Crippen molar-refractivity contribution in [1.82, 2.24) is 4.57 Å². The largest absolute Gasteiger partial charge is 0.489 e. The molecule has 0 unspecified atom stereocenters. The van der Waals surface area contributed by atoms with Crippen molar-refractivity contribution >= 4 is 10.9 Å². The zero-order valence-corrected chi connectivity index (χ0v) is 20.8. The number of nitrogens with zero attached hydrogens (tertiary/aromatic N) is 2. The summed E-state index contributed by atoms with van der Waals surface area (Å²) in [6, 6.07) is 22.8. The molecular weight excluding hydrogens is 436 g/mol. The average Bonchev–Trinajstić information content (AvgIpc) is 3.29. The standard InChI is InChI=1S/C30H37N2O3/c1-31-18-11-14-29(23-31)35-25-33-21-10-5-3-2-4-9-19-32-20-17-27-22-28(15-16-30(27)32)34-24-26-12-7-6-8-13-26/h6-8,11-18,20,22-23H,2-5,9-10,19,21,24-25H2,1H3/q+1. The van der Waals surface area contributed by atoms with E-state index >= 15 is 0 Å². The molecule has 0 radical (unpaired) electrons. The van der Waals surface area contributed by atoms with Gasteiger partial charge in [0.1, 0.15) is 19.4 Å². The van der Waals surface area contributed by atoms with Crippen LogP contribution in [0.2, 0.25) is 0 Å². The highest BCUT2D eigenvalue weighted by atomic mass is 16.7. The molecule has 0 atom stereocenters. The number of ether oxygens (including phenoxy) is 3. The molecular formula is C30H37N2O3+. The Hall–Kier alpha value is -3.31. The summed E-state index contributed by atoms with van der Waals surface area (Å²) < 4.78 is 21.5. The number of fused-ring (bicyclic) bond motifs is 1. The van der Waals surface area contributed by atoms with Gasteiger partial charge in [-0.2, -0.15) is 0 Å². The normalized spacial score (nSPS) is 11.1. The lowest BCUT2D eigenvalue weighted by Gasteiger charge is -2.08. The summed E-state index contributed by atoms with van der Waals surface area (Å²) in [6.07, 6.45) is 13.4. The molecule has 0 aliphatic heterocycles. The van der Waals surface area contributed by atoms with Gasteiger partial charge in [0.15, 0.2) is 18.7 Å². The van der Waals surface area contributed by atoms with Gasteiger partial charge in [0.2, 0.25) is 6.20 Å². The minimum Gasteiger partial charge on any atom is -0.489 e. The summed E-state index contributed by atoms with van der Waals surface area (Å²) in [7, 11) is 1.98. The summed E-state index contributed by atoms with van der Waals surface area (Å²) in [4.78, 5) is 0. The summed E-state index contributed by atoms with van der Waals surface area (Å²) in [5.74, 6) is 1.76. The lowest BCUT2D eigenvalue weighted by atomic mass is 10.1. The first-order chi connectivity index (χ1) is 17.3. The van der Waals surface area contributed by atoms with Gasteiger partial charge in [-0.25, -0.2) is 4.57 Å². The van der Waals surface area contributed by atoms with Crippen LogP contribution >= 0.6 is 0 Å². The molecule has 2 aromatic heterocycles. The molecule has 2 aromatic carbocycles. The molecule has 0 bridgehead atoms. The van der Waals surface area contributed by atoms with E-state index < -0.39 is 0 Å². The molecule has 0 aliphatic rings. The van der Waals surface area contributed by atoms with Crippen LogP contribution in [-0.4, -0.2) is 18.0 Å². The summed E-state index contributed by atoms with van der Waals surface area (Å²) in [6.45, 7) is 2.73. The van der Waals surface area contributed by atoms with Gasteiger partial charge < -0.3 is 18.8 Å². The smallest absolute Gasteiger partial charge is 0.211 e. The topological polar surface area (TPSA) is 36.5 Å². The van der Waals surface area contributed by atoms with Crippen molar-refractivity contribution in [1.29, 1.82) is 0 Å². The van der Waals surface area contributed by atoms with Crippen LogP contribution in [0.5, 0.6) is 11.5 Å². The van der Waals surface area contributed by atoms with E-state index in [2.05, 4.69) is 47.2 Å². The van der Waals surface area contributed by atoms with E-state index in [1.165, 1.54) is 48.6 Å². The molecule has 0 aliphatic carbocycles. The third-order valence-electron chi connectivity index (χ3n) is 6.15. The van der Waals surface area contributed by atoms with Gasteiger partial charge in [-0.15, -0.1) is 0 Å². The number of aryl methyl sites for hydroxylation is 2. The van der Waals surface area contributed by atoms with E-state index in [0.717, 1.165) is 31.1 Å². The zero-order valence-electron chi connectivity index (χ0n) is 20.8. The van der Waals surface area contributed by atoms with Gasteiger partial charge in [-0.1, -0.05) is 56.0 Å². The number of unbranched alkanes of at least 4 members (excludes halogenated alkanes) is 5. The Morgan fingerprint density at radius 1 is 0.771 bits per heavy atom. The highest BCUT2D eigenvalue weighted by Gasteiger charge is 2.04. The summed E-state index contributed by atoms with van der Waals surface area (Å²) in [5, 5.41) is 1.24. The quantitative estimate of drug-likeness (QED) is 0.113. The number of benzene rings is 2. The Morgan fingerprint density at radius 2 is 1.60 bits per heavy atom. The Balaban J connectivity index is 1.05. The van der Waals surface area contributed by atoms with Crippen molar-refractivity contribution in [3.05, 3.63) is 90.9 Å². The Kier molecular flexibility index (Phi) is 9.60. The third kappa shape index (κ3) is 8.15. The van der Waals surface area contributed by atoms with Crippen LogP contribution in [0.1, 0.15) is 44.1 Å². The van der Waals surface area contributed by atoms with Gasteiger partial charge in [-0.05, 0) is 48.7 Å². The van der Waals surface area contributed by atoms with Crippen molar-refractivity contribution in [2.45, 2.75) is 51.7 Å². The minimum absolute atomic E-state index is 0.315. The van der Waals surface area contributed by atoms with Gasteiger partial charge >= 0.3 is 0 Å². The van der Waals surface area contributed by atoms with E-state index in [9.17, 15) is 0 Å². The lowest BCUT2D eigenvalue weighted by Crippen LogP contribution is -2.26. The number of hydrogen-bond acceptors (Lipinski definition) is 3. The van der Waals surface area contributed by atoms with E-state index in [1.54, 1.807) is 0 Å². The molecule has 4 aromatic rings. The molecule has 5 heteroatoms. The van der Waals surface area contributed by atoms with Crippen LogP contribution in [0.25, 0.3) is 10.9 Å². The highest BCUT2D eigenvalue weighted by molar-refractivity contribution is 5.81. The molecule has 35 heavy (non-hydrogen) atoms. The van der Waals surface area contributed by atoms with Gasteiger partial charge in [0.25, 0.3) is 0 Å². The van der Waals surface area contributed by atoms with Gasteiger partial charge in [0.05, 0.1) is 6.61 Å². The van der Waals surface area contributed by atoms with Crippen molar-refractivity contribution in [2.24, 2.45) is 7.05 Å². The fraction of sp³-hybridized carbons (Fsp3) is 0.367. The maximum Gasteiger partial charge on any atom is 0.211 e. The molecule has 5 nitrogen and oxygen atoms in total. The summed E-state index contributed by atoms with van der Waals surface area (Å²) >= 11 is 0. The predicted octanol–water partition coefficient (Wildman–Crippen LogP) is 6.44. The maximum absolute atomic E-state index is 5.97. The van der Waals surface area contributed by atoms with Crippen molar-refractivity contribution < 1.29 is 18.8 Å². The van der Waals surface area contributed by atoms with Gasteiger partial charge in [0, 0.05) is 29.7 Å². The Labute approximate surface area is 208 Å². The van der Waals surface area contributed by atoms with E-state index in [1.807, 2.05) is 54.3 Å². The molecule has 0 spiro atoms. The molecule has 0 N–H and O–H groups in total. The molecule has 2 heterocycles. The van der Waals surface area contributed by atoms with Crippen LogP contribution < -0.4 is 14.0 Å². The molecule has 0 saturated carbocycles. The highest BCUT2D eigenvalue weighted by Crippen LogP contribution is 2.23. The SMILES string of the molecule is C[n+]1cccc(OCOCCCCCCCCn2ccc3cc(OCc4ccccc4)ccc32)c1. The molecule has 0 amide bonds. The second-order valence-corrected chi connectivity index (χ2v) is 9.00. The predicted molar refractivity (Wildman–Crippen MR) is 139 cm³/mol. The first-order valence-corrected chi connectivity index (χ1v) is 12.7. The van der Waals surface area contributed by atoms with Crippen LogP contribution in [-0.2, 0) is 24.9 Å². The first-order valence-electron chi connectivity index (χ1n) is 12.7. The maximum atomic E-state index is 5.97. The van der Waals surface area contributed by atoms with Crippen molar-refractivity contribution in [3.8, 4) is 11.5 Å². The molecule has 4 rings (SSSR count). The minimum atomic E-state index is 0.315. The third-order valence-corrected chi connectivity index (χ3v) is 6.15. The van der Waals surface area contributed by atoms with Crippen LogP contribution in [0.15, 0.2) is 85.3 Å². The number of aromatic nitrogens is 2. The first kappa shape index (κ1) is 24.8. The van der Waals surface area contributed by atoms with Crippen molar-refractivity contribution in [3.63, 3.8) is 0 Å². The number of hydrogen-bond donors (Lipinski definition) is 0. The lowest BCUT2D eigenvalue weighted by molar-refractivity contribution is -0.671. The fourth-order valence-electron chi connectivity index (χ4n) is 4.21. The Bertz CT molecular complexity index is 1160. The van der Waals surface area contributed by atoms with Crippen LogP contribution in [0.4, 0.5) is 0 Å². The average molecular weight is 474 g/mol. The van der Waals surface area contributed by atoms with E-state index in [0.29, 0.717) is 13.4 Å². The fourth-order valence-corrected chi connectivity index (χ4v) is 4.21. The number of pyridine rings is 1. The number of rotatable bonds is 15. The second kappa shape index (κ2) is 13.5.